The van der Waals surface area contributed by atoms with E-state index >= 15 is 0 Å². The van der Waals surface area contributed by atoms with Crippen LogP contribution in [-0.4, -0.2) is 15.4 Å². The van der Waals surface area contributed by atoms with Gasteiger partial charge < -0.3 is 13.9 Å². The Kier molecular flexibility index (Phi) is 6.62. The van der Waals surface area contributed by atoms with E-state index in [-0.39, 0.29) is 5.91 Å². The molecule has 4 nitrogen and oxygen atoms in total. The van der Waals surface area contributed by atoms with Gasteiger partial charge in [-0.15, -0.1) is 0 Å². The number of aromatic nitrogens is 1. The van der Waals surface area contributed by atoms with Crippen molar-refractivity contribution in [3.05, 3.63) is 144 Å². The van der Waals surface area contributed by atoms with Crippen LogP contribution in [0.3, 0.4) is 0 Å². The highest BCUT2D eigenvalue weighted by atomic mass is 16.3. The maximum absolute atomic E-state index is 13.6. The predicted molar refractivity (Wildman–Crippen MR) is 139 cm³/mol. The zero-order chi connectivity index (χ0) is 24.0. The molecule has 0 aliphatic heterocycles. The van der Waals surface area contributed by atoms with Crippen molar-refractivity contribution in [1.29, 1.82) is 0 Å². The van der Waals surface area contributed by atoms with E-state index in [1.807, 2.05) is 65.6 Å². The van der Waals surface area contributed by atoms with Gasteiger partial charge in [-0.05, 0) is 60.0 Å². The van der Waals surface area contributed by atoms with E-state index in [2.05, 4.69) is 60.2 Å². The van der Waals surface area contributed by atoms with E-state index in [1.165, 1.54) is 11.1 Å². The molecule has 0 atom stereocenters. The molecule has 1 amide bonds. The van der Waals surface area contributed by atoms with Gasteiger partial charge in [0, 0.05) is 24.0 Å². The molecule has 0 N–H and O–H groups in total. The summed E-state index contributed by atoms with van der Waals surface area (Å²) in [4.78, 5) is 15.5. The van der Waals surface area contributed by atoms with E-state index in [0.717, 1.165) is 29.1 Å². The zero-order valence-corrected chi connectivity index (χ0v) is 19.8. The molecule has 0 aliphatic rings. The first-order chi connectivity index (χ1) is 17.2. The fourth-order valence-electron chi connectivity index (χ4n) is 4.24. The molecule has 5 rings (SSSR count). The van der Waals surface area contributed by atoms with E-state index in [4.69, 9.17) is 4.42 Å². The molecule has 0 spiro atoms. The molecule has 35 heavy (non-hydrogen) atoms. The van der Waals surface area contributed by atoms with Crippen molar-refractivity contribution in [3.63, 3.8) is 0 Å². The van der Waals surface area contributed by atoms with Crippen molar-refractivity contribution in [2.75, 3.05) is 0 Å². The lowest BCUT2D eigenvalue weighted by molar-refractivity contribution is 0.0713. The number of benzene rings is 3. The summed E-state index contributed by atoms with van der Waals surface area (Å²) in [6.45, 7) is 3.74. The van der Waals surface area contributed by atoms with Crippen molar-refractivity contribution in [2.24, 2.45) is 0 Å². The molecule has 0 saturated heterocycles. The Morgan fingerprint density at radius 3 is 2.23 bits per heavy atom. The molecular formula is C31H28N2O2. The summed E-state index contributed by atoms with van der Waals surface area (Å²) < 4.78 is 7.78. The molecule has 4 heteroatoms. The molecule has 0 bridgehead atoms. The summed E-state index contributed by atoms with van der Waals surface area (Å²) in [5, 5.41) is 0. The Hall–Kier alpha value is -4.31. The maximum Gasteiger partial charge on any atom is 0.254 e. The Morgan fingerprint density at radius 2 is 1.51 bits per heavy atom. The van der Waals surface area contributed by atoms with Crippen LogP contribution in [0.25, 0.3) is 11.1 Å². The molecule has 3 aromatic carbocycles. The Morgan fingerprint density at radius 1 is 0.771 bits per heavy atom. The van der Waals surface area contributed by atoms with Gasteiger partial charge in [0.15, 0.2) is 0 Å². The summed E-state index contributed by atoms with van der Waals surface area (Å²) in [5.41, 5.74) is 6.43. The van der Waals surface area contributed by atoms with Crippen LogP contribution in [-0.2, 0) is 19.6 Å². The average molecular weight is 461 g/mol. The molecule has 0 aliphatic carbocycles. The number of carbonyl (C=O) groups excluding carboxylic acids is 1. The predicted octanol–water partition coefficient (Wildman–Crippen LogP) is 6.95. The van der Waals surface area contributed by atoms with Crippen LogP contribution in [0.1, 0.15) is 32.9 Å². The highest BCUT2D eigenvalue weighted by Gasteiger charge is 2.19. The third-order valence-corrected chi connectivity index (χ3v) is 6.20. The topological polar surface area (TPSA) is 38.4 Å². The van der Waals surface area contributed by atoms with Crippen molar-refractivity contribution in [3.8, 4) is 11.1 Å². The van der Waals surface area contributed by atoms with Gasteiger partial charge in [0.2, 0.25) is 0 Å². The Balaban J connectivity index is 1.38. The number of nitrogens with zero attached hydrogens (tertiary/aromatic N) is 2. The molecule has 174 valence electrons. The number of carbonyl (C=O) groups is 1. The summed E-state index contributed by atoms with van der Waals surface area (Å²) in [6, 6.07) is 34.5. The lowest BCUT2D eigenvalue weighted by Crippen LogP contribution is -2.31. The highest BCUT2D eigenvalue weighted by molar-refractivity contribution is 5.94. The number of amides is 1. The van der Waals surface area contributed by atoms with Crippen LogP contribution in [0.2, 0.25) is 0 Å². The first-order valence-electron chi connectivity index (χ1n) is 11.8. The third-order valence-electron chi connectivity index (χ3n) is 6.20. The monoisotopic (exact) mass is 460 g/mol. The van der Waals surface area contributed by atoms with Gasteiger partial charge in [0.25, 0.3) is 5.91 Å². The standard InChI is InChI=1S/C31H28N2O2/c1-24-11-13-25(14-12-24)21-32-19-5-9-29(32)22-33(23-30-10-6-20-35-30)31(34)28-17-15-27(16-18-28)26-7-3-2-4-8-26/h2-20H,21-23H2,1H3. The smallest absolute Gasteiger partial charge is 0.254 e. The minimum atomic E-state index is -0.0240. The highest BCUT2D eigenvalue weighted by Crippen LogP contribution is 2.21. The van der Waals surface area contributed by atoms with E-state index in [1.54, 1.807) is 6.26 Å². The second-order valence-corrected chi connectivity index (χ2v) is 8.80. The second kappa shape index (κ2) is 10.3. The minimum absolute atomic E-state index is 0.0240. The molecular weight excluding hydrogens is 432 g/mol. The largest absolute Gasteiger partial charge is 0.467 e. The number of furan rings is 1. The van der Waals surface area contributed by atoms with E-state index < -0.39 is 0 Å². The third kappa shape index (κ3) is 5.44. The van der Waals surface area contributed by atoms with Crippen molar-refractivity contribution < 1.29 is 9.21 Å². The van der Waals surface area contributed by atoms with Crippen LogP contribution in [0.15, 0.2) is 120 Å². The fourth-order valence-corrected chi connectivity index (χ4v) is 4.24. The summed E-state index contributed by atoms with van der Waals surface area (Å²) in [5.74, 6) is 0.736. The number of hydrogen-bond acceptors (Lipinski definition) is 2. The van der Waals surface area contributed by atoms with Gasteiger partial charge in [-0.2, -0.15) is 0 Å². The number of hydrogen-bond donors (Lipinski definition) is 0. The molecule has 0 unspecified atom stereocenters. The van der Waals surface area contributed by atoms with Crippen molar-refractivity contribution in [2.45, 2.75) is 26.6 Å². The van der Waals surface area contributed by atoms with Crippen LogP contribution in [0, 0.1) is 6.92 Å². The molecule has 5 aromatic rings. The SMILES string of the molecule is Cc1ccc(Cn2cccc2CN(Cc2ccco2)C(=O)c2ccc(-c3ccccc3)cc2)cc1. The Bertz CT molecular complexity index is 1370. The second-order valence-electron chi connectivity index (χ2n) is 8.80. The van der Waals surface area contributed by atoms with Gasteiger partial charge >= 0.3 is 0 Å². The molecule has 2 aromatic heterocycles. The lowest BCUT2D eigenvalue weighted by Gasteiger charge is -2.23. The molecule has 0 radical (unpaired) electrons. The normalized spacial score (nSPS) is 10.9. The van der Waals surface area contributed by atoms with E-state index in [9.17, 15) is 4.79 Å². The van der Waals surface area contributed by atoms with Crippen LogP contribution in [0.4, 0.5) is 0 Å². The lowest BCUT2D eigenvalue weighted by atomic mass is 10.0. The number of aryl methyl sites for hydroxylation is 1. The first-order valence-corrected chi connectivity index (χ1v) is 11.8. The van der Waals surface area contributed by atoms with Gasteiger partial charge in [0.05, 0.1) is 19.4 Å². The van der Waals surface area contributed by atoms with Gasteiger partial charge in [-0.25, -0.2) is 0 Å². The van der Waals surface area contributed by atoms with Crippen LogP contribution in [0.5, 0.6) is 0 Å². The quantitative estimate of drug-likeness (QED) is 0.251. The maximum atomic E-state index is 13.6. The Labute approximate surface area is 206 Å². The minimum Gasteiger partial charge on any atom is -0.467 e. The van der Waals surface area contributed by atoms with Crippen molar-refractivity contribution in [1.82, 2.24) is 9.47 Å². The van der Waals surface area contributed by atoms with Crippen molar-refractivity contribution >= 4 is 5.91 Å². The zero-order valence-electron chi connectivity index (χ0n) is 19.8. The van der Waals surface area contributed by atoms with Gasteiger partial charge in [-0.1, -0.05) is 72.3 Å². The molecule has 2 heterocycles. The summed E-state index contributed by atoms with van der Waals surface area (Å²) in [6.07, 6.45) is 3.71. The fraction of sp³-hybridized carbons (Fsp3) is 0.129. The number of rotatable bonds is 8. The van der Waals surface area contributed by atoms with Crippen LogP contribution < -0.4 is 0 Å². The summed E-state index contributed by atoms with van der Waals surface area (Å²) in [7, 11) is 0. The molecule has 0 saturated carbocycles. The van der Waals surface area contributed by atoms with Crippen LogP contribution >= 0.6 is 0 Å². The molecule has 0 fully saturated rings. The van der Waals surface area contributed by atoms with E-state index in [0.29, 0.717) is 18.7 Å². The average Bonchev–Trinajstić information content (AvgIpc) is 3.57. The summed E-state index contributed by atoms with van der Waals surface area (Å²) >= 11 is 0. The van der Waals surface area contributed by atoms with Gasteiger partial charge in [-0.3, -0.25) is 4.79 Å². The van der Waals surface area contributed by atoms with Gasteiger partial charge in [0.1, 0.15) is 5.76 Å². The first kappa shape index (κ1) is 22.5.